The molecule has 4 heteroatoms. The molecule has 0 fully saturated rings. The summed E-state index contributed by atoms with van der Waals surface area (Å²) in [6.07, 6.45) is 1.63. The highest BCUT2D eigenvalue weighted by Gasteiger charge is 2.17. The minimum atomic E-state index is 0.700. The molecule has 0 aliphatic rings. The summed E-state index contributed by atoms with van der Waals surface area (Å²) in [5.74, 6) is 0. The molecule has 0 radical (unpaired) electrons. The van der Waals surface area contributed by atoms with Gasteiger partial charge in [-0.1, -0.05) is 103 Å². The van der Waals surface area contributed by atoms with Crippen molar-refractivity contribution in [3.8, 4) is 33.5 Å². The molecule has 0 saturated carbocycles. The number of benzene rings is 6. The van der Waals surface area contributed by atoms with E-state index in [1.54, 1.807) is 6.33 Å². The van der Waals surface area contributed by atoms with E-state index in [-0.39, 0.29) is 0 Å². The molecule has 0 aliphatic heterocycles. The van der Waals surface area contributed by atoms with E-state index in [1.807, 2.05) is 18.2 Å². The molecule has 0 bridgehead atoms. The number of furan rings is 2. The standard InChI is InChI=1S/C38H22N2O2/c1-2-13-28-23(8-1)18-19-33-34(28)36-38(42-33)35(39-22-40-36)27-12-6-10-25(21-27)24-9-5-11-26(20-24)29-15-7-16-31-30-14-3-4-17-32(30)41-37(29)31/h1-22H. The van der Waals surface area contributed by atoms with E-state index >= 15 is 0 Å². The number of hydrogen-bond acceptors (Lipinski definition) is 4. The van der Waals surface area contributed by atoms with Crippen molar-refractivity contribution < 1.29 is 8.83 Å². The number of fused-ring (bicyclic) bond motifs is 8. The summed E-state index contributed by atoms with van der Waals surface area (Å²) in [4.78, 5) is 9.35. The lowest BCUT2D eigenvalue weighted by Gasteiger charge is -2.09. The fourth-order valence-electron chi connectivity index (χ4n) is 6.23. The van der Waals surface area contributed by atoms with Gasteiger partial charge in [-0.05, 0) is 51.7 Å². The van der Waals surface area contributed by atoms with Crippen LogP contribution in [0.2, 0.25) is 0 Å². The van der Waals surface area contributed by atoms with Gasteiger partial charge in [0, 0.05) is 21.9 Å². The summed E-state index contributed by atoms with van der Waals surface area (Å²) in [6, 6.07) is 44.1. The van der Waals surface area contributed by atoms with Crippen LogP contribution >= 0.6 is 0 Å². The molecule has 0 atom stereocenters. The largest absolute Gasteiger partial charge is 0.455 e. The van der Waals surface area contributed by atoms with Crippen molar-refractivity contribution in [1.29, 1.82) is 0 Å². The smallest absolute Gasteiger partial charge is 0.180 e. The third kappa shape index (κ3) is 3.42. The lowest BCUT2D eigenvalue weighted by atomic mass is 9.96. The molecule has 6 aromatic carbocycles. The van der Waals surface area contributed by atoms with Crippen LogP contribution in [0.3, 0.4) is 0 Å². The van der Waals surface area contributed by atoms with Crippen LogP contribution in [-0.2, 0) is 0 Å². The van der Waals surface area contributed by atoms with Crippen molar-refractivity contribution in [2.45, 2.75) is 0 Å². The van der Waals surface area contributed by atoms with Crippen molar-refractivity contribution >= 4 is 54.8 Å². The van der Waals surface area contributed by atoms with E-state index in [0.29, 0.717) is 5.58 Å². The molecule has 0 aliphatic carbocycles. The van der Waals surface area contributed by atoms with Gasteiger partial charge < -0.3 is 8.83 Å². The normalized spacial score (nSPS) is 11.8. The maximum absolute atomic E-state index is 6.40. The Hall–Kier alpha value is -5.74. The van der Waals surface area contributed by atoms with Crippen molar-refractivity contribution in [2.75, 3.05) is 0 Å². The number of para-hydroxylation sites is 2. The van der Waals surface area contributed by atoms with Gasteiger partial charge in [-0.25, -0.2) is 9.97 Å². The Morgan fingerprint density at radius 1 is 0.452 bits per heavy atom. The Balaban J connectivity index is 1.18. The molecule has 3 aromatic heterocycles. The summed E-state index contributed by atoms with van der Waals surface area (Å²) < 4.78 is 12.7. The molecule has 9 aromatic rings. The lowest BCUT2D eigenvalue weighted by molar-refractivity contribution is 0.667. The van der Waals surface area contributed by atoms with E-state index in [9.17, 15) is 0 Å². The average Bonchev–Trinajstić information content (AvgIpc) is 3.64. The average molecular weight is 539 g/mol. The molecular weight excluding hydrogens is 516 g/mol. The molecule has 0 saturated heterocycles. The fourth-order valence-corrected chi connectivity index (χ4v) is 6.23. The van der Waals surface area contributed by atoms with Gasteiger partial charge in [0.1, 0.15) is 34.3 Å². The van der Waals surface area contributed by atoms with Crippen LogP contribution in [0, 0.1) is 0 Å². The summed E-state index contributed by atoms with van der Waals surface area (Å²) in [7, 11) is 0. The maximum Gasteiger partial charge on any atom is 0.180 e. The van der Waals surface area contributed by atoms with Gasteiger partial charge in [0.15, 0.2) is 5.58 Å². The topological polar surface area (TPSA) is 52.1 Å². The van der Waals surface area contributed by atoms with Gasteiger partial charge in [0.05, 0.1) is 5.39 Å². The first-order valence-electron chi connectivity index (χ1n) is 14.0. The molecule has 0 amide bonds. The van der Waals surface area contributed by atoms with E-state index in [0.717, 1.165) is 82.7 Å². The van der Waals surface area contributed by atoms with Crippen molar-refractivity contribution in [1.82, 2.24) is 9.97 Å². The minimum Gasteiger partial charge on any atom is -0.455 e. The van der Waals surface area contributed by atoms with Gasteiger partial charge in [0.2, 0.25) is 0 Å². The summed E-state index contributed by atoms with van der Waals surface area (Å²) in [6.45, 7) is 0. The Bertz CT molecular complexity index is 2480. The second-order valence-corrected chi connectivity index (χ2v) is 10.6. The number of aromatic nitrogens is 2. The SMILES string of the molecule is c1cc(-c2cccc(-c3ncnc4c3oc3ccc5ccccc5c34)c2)cc(-c2cccc3c2oc2ccccc23)c1. The highest BCUT2D eigenvalue weighted by Crippen LogP contribution is 2.39. The Morgan fingerprint density at radius 3 is 2.05 bits per heavy atom. The quantitative estimate of drug-likeness (QED) is 0.224. The van der Waals surface area contributed by atoms with Crippen LogP contribution in [0.5, 0.6) is 0 Å². The van der Waals surface area contributed by atoms with Gasteiger partial charge in [-0.15, -0.1) is 0 Å². The van der Waals surface area contributed by atoms with Crippen molar-refractivity contribution in [3.63, 3.8) is 0 Å². The molecular formula is C38H22N2O2. The van der Waals surface area contributed by atoms with Gasteiger partial charge in [-0.3, -0.25) is 0 Å². The maximum atomic E-state index is 6.40. The monoisotopic (exact) mass is 538 g/mol. The second-order valence-electron chi connectivity index (χ2n) is 10.6. The van der Waals surface area contributed by atoms with Crippen LogP contribution in [0.25, 0.3) is 88.3 Å². The third-order valence-corrected chi connectivity index (χ3v) is 8.19. The zero-order valence-electron chi connectivity index (χ0n) is 22.4. The molecule has 0 N–H and O–H groups in total. The van der Waals surface area contributed by atoms with Gasteiger partial charge >= 0.3 is 0 Å². The highest BCUT2D eigenvalue weighted by molar-refractivity contribution is 6.19. The molecule has 42 heavy (non-hydrogen) atoms. The van der Waals surface area contributed by atoms with Crippen molar-refractivity contribution in [3.05, 3.63) is 134 Å². The Morgan fingerprint density at radius 2 is 1.14 bits per heavy atom. The zero-order valence-corrected chi connectivity index (χ0v) is 22.4. The van der Waals surface area contributed by atoms with E-state index in [4.69, 9.17) is 13.8 Å². The molecule has 196 valence electrons. The van der Waals surface area contributed by atoms with Crippen LogP contribution in [0.1, 0.15) is 0 Å². The summed E-state index contributed by atoms with van der Waals surface area (Å²) in [5, 5.41) is 5.57. The molecule has 3 heterocycles. The van der Waals surface area contributed by atoms with Crippen molar-refractivity contribution in [2.24, 2.45) is 0 Å². The molecule has 0 spiro atoms. The summed E-state index contributed by atoms with van der Waals surface area (Å²) in [5.41, 5.74) is 10.3. The number of rotatable bonds is 3. The summed E-state index contributed by atoms with van der Waals surface area (Å²) >= 11 is 0. The fraction of sp³-hybridized carbons (Fsp3) is 0. The lowest BCUT2D eigenvalue weighted by Crippen LogP contribution is -1.88. The molecule has 4 nitrogen and oxygen atoms in total. The van der Waals surface area contributed by atoms with E-state index < -0.39 is 0 Å². The Labute approximate surface area is 240 Å². The minimum absolute atomic E-state index is 0.700. The Kier molecular flexibility index (Phi) is 4.87. The van der Waals surface area contributed by atoms with Crippen LogP contribution < -0.4 is 0 Å². The first-order chi connectivity index (χ1) is 20.8. The van der Waals surface area contributed by atoms with E-state index in [1.165, 1.54) is 0 Å². The second kappa shape index (κ2) is 8.88. The van der Waals surface area contributed by atoms with Gasteiger partial charge in [0.25, 0.3) is 0 Å². The van der Waals surface area contributed by atoms with Crippen LogP contribution in [0.4, 0.5) is 0 Å². The molecule has 9 rings (SSSR count). The van der Waals surface area contributed by atoms with Gasteiger partial charge in [-0.2, -0.15) is 0 Å². The third-order valence-electron chi connectivity index (χ3n) is 8.19. The first-order valence-corrected chi connectivity index (χ1v) is 14.0. The van der Waals surface area contributed by atoms with Crippen LogP contribution in [-0.4, -0.2) is 9.97 Å². The molecule has 0 unspecified atom stereocenters. The number of nitrogens with zero attached hydrogens (tertiary/aromatic N) is 2. The van der Waals surface area contributed by atoms with Crippen LogP contribution in [0.15, 0.2) is 143 Å². The predicted octanol–water partition coefficient (Wildman–Crippen LogP) is 10.4. The highest BCUT2D eigenvalue weighted by atomic mass is 16.3. The predicted molar refractivity (Wildman–Crippen MR) is 170 cm³/mol. The number of hydrogen-bond donors (Lipinski definition) is 0. The first kappa shape index (κ1) is 23.0. The van der Waals surface area contributed by atoms with E-state index in [2.05, 4.69) is 114 Å². The zero-order chi connectivity index (χ0) is 27.6.